The van der Waals surface area contributed by atoms with E-state index in [0.29, 0.717) is 6.04 Å². The smallest absolute Gasteiger partial charge is 0.0374 e. The van der Waals surface area contributed by atoms with Gasteiger partial charge in [0.1, 0.15) is 0 Å². The molecule has 0 aromatic carbocycles. The molecule has 78 valence electrons. The normalized spacial score (nSPS) is 28.8. The molecule has 1 rings (SSSR count). The van der Waals surface area contributed by atoms with Crippen LogP contribution in [0.15, 0.2) is 0 Å². The predicted molar refractivity (Wildman–Crippen MR) is 56.7 cm³/mol. The van der Waals surface area contributed by atoms with Crippen LogP contribution in [0.5, 0.6) is 0 Å². The second-order valence-corrected chi connectivity index (χ2v) is 5.14. The first kappa shape index (κ1) is 11.0. The van der Waals surface area contributed by atoms with Crippen LogP contribution >= 0.6 is 0 Å². The van der Waals surface area contributed by atoms with Crippen molar-refractivity contribution in [2.75, 3.05) is 26.7 Å². The molecule has 2 atom stereocenters. The fourth-order valence-corrected chi connectivity index (χ4v) is 1.81. The van der Waals surface area contributed by atoms with Gasteiger partial charge in [-0.15, -0.1) is 0 Å². The first-order valence-electron chi connectivity index (χ1n) is 5.09. The maximum atomic E-state index is 6.23. The standard InChI is InChI=1S/C10H23N3/c1-10(2,3)9(11)8-7-12-5-6-13(8)4/h8-9,12H,5-7,11H2,1-4H3. The number of hydrogen-bond acceptors (Lipinski definition) is 3. The van der Waals surface area contributed by atoms with Crippen LogP contribution in [-0.4, -0.2) is 43.7 Å². The minimum absolute atomic E-state index is 0.192. The van der Waals surface area contributed by atoms with E-state index in [9.17, 15) is 0 Å². The summed E-state index contributed by atoms with van der Waals surface area (Å²) in [5, 5.41) is 3.40. The molecule has 0 aliphatic carbocycles. The van der Waals surface area contributed by atoms with Crippen molar-refractivity contribution in [2.24, 2.45) is 11.1 Å². The fourth-order valence-electron chi connectivity index (χ4n) is 1.81. The molecule has 0 radical (unpaired) electrons. The number of nitrogens with zero attached hydrogens (tertiary/aromatic N) is 1. The Hall–Kier alpha value is -0.120. The summed E-state index contributed by atoms with van der Waals surface area (Å²) >= 11 is 0. The Morgan fingerprint density at radius 3 is 2.54 bits per heavy atom. The lowest BCUT2D eigenvalue weighted by molar-refractivity contribution is 0.123. The lowest BCUT2D eigenvalue weighted by Gasteiger charge is -2.42. The van der Waals surface area contributed by atoms with Crippen molar-refractivity contribution in [1.29, 1.82) is 0 Å². The van der Waals surface area contributed by atoms with Crippen molar-refractivity contribution in [3.8, 4) is 0 Å². The minimum atomic E-state index is 0.192. The summed E-state index contributed by atoms with van der Waals surface area (Å²) in [6.45, 7) is 9.84. The van der Waals surface area contributed by atoms with Gasteiger partial charge in [-0.3, -0.25) is 4.90 Å². The highest BCUT2D eigenvalue weighted by Crippen LogP contribution is 2.22. The van der Waals surface area contributed by atoms with Crippen molar-refractivity contribution in [1.82, 2.24) is 10.2 Å². The van der Waals surface area contributed by atoms with Gasteiger partial charge in [-0.05, 0) is 12.5 Å². The molecule has 1 saturated heterocycles. The number of hydrogen-bond donors (Lipinski definition) is 2. The van der Waals surface area contributed by atoms with Crippen LogP contribution in [0.1, 0.15) is 20.8 Å². The Bertz CT molecular complexity index is 162. The molecule has 1 aliphatic heterocycles. The highest BCUT2D eigenvalue weighted by atomic mass is 15.2. The van der Waals surface area contributed by atoms with Crippen LogP contribution in [0, 0.1) is 5.41 Å². The van der Waals surface area contributed by atoms with Crippen molar-refractivity contribution < 1.29 is 0 Å². The zero-order valence-corrected chi connectivity index (χ0v) is 9.30. The average Bonchev–Trinajstić information content (AvgIpc) is 2.02. The number of piperazine rings is 1. The van der Waals surface area contributed by atoms with E-state index < -0.39 is 0 Å². The molecule has 0 amide bonds. The molecule has 0 spiro atoms. The summed E-state index contributed by atoms with van der Waals surface area (Å²) in [5.74, 6) is 0. The third kappa shape index (κ3) is 2.66. The Kier molecular flexibility index (Phi) is 3.33. The summed E-state index contributed by atoms with van der Waals surface area (Å²) in [6.07, 6.45) is 0. The van der Waals surface area contributed by atoms with Gasteiger partial charge in [0.05, 0.1) is 0 Å². The van der Waals surface area contributed by atoms with E-state index in [-0.39, 0.29) is 11.5 Å². The van der Waals surface area contributed by atoms with E-state index in [1.54, 1.807) is 0 Å². The van der Waals surface area contributed by atoms with Crippen LogP contribution in [0.25, 0.3) is 0 Å². The molecule has 3 N–H and O–H groups in total. The maximum absolute atomic E-state index is 6.23. The Balaban J connectivity index is 2.58. The van der Waals surface area contributed by atoms with Crippen molar-refractivity contribution in [2.45, 2.75) is 32.9 Å². The molecule has 0 saturated carbocycles. The summed E-state index contributed by atoms with van der Waals surface area (Å²) in [6, 6.07) is 0.721. The quantitative estimate of drug-likeness (QED) is 0.616. The van der Waals surface area contributed by atoms with Gasteiger partial charge in [0.15, 0.2) is 0 Å². The van der Waals surface area contributed by atoms with Gasteiger partial charge in [-0.25, -0.2) is 0 Å². The molecule has 2 unspecified atom stereocenters. The summed E-state index contributed by atoms with van der Waals surface area (Å²) in [5.41, 5.74) is 6.43. The Labute approximate surface area is 81.7 Å². The van der Waals surface area contributed by atoms with E-state index in [4.69, 9.17) is 5.73 Å². The zero-order valence-electron chi connectivity index (χ0n) is 9.30. The Morgan fingerprint density at radius 2 is 2.08 bits per heavy atom. The van der Waals surface area contributed by atoms with Gasteiger partial charge in [0.25, 0.3) is 0 Å². The predicted octanol–water partition coefficient (Wildman–Crippen LogP) is 0.263. The Morgan fingerprint density at radius 1 is 1.46 bits per heavy atom. The summed E-state index contributed by atoms with van der Waals surface area (Å²) < 4.78 is 0. The fraction of sp³-hybridized carbons (Fsp3) is 1.00. The van der Waals surface area contributed by atoms with E-state index in [1.807, 2.05) is 0 Å². The van der Waals surface area contributed by atoms with Gasteiger partial charge in [0.2, 0.25) is 0 Å². The maximum Gasteiger partial charge on any atom is 0.0374 e. The van der Waals surface area contributed by atoms with Gasteiger partial charge in [0, 0.05) is 31.7 Å². The molecule has 1 fully saturated rings. The first-order chi connectivity index (χ1) is 5.93. The molecule has 0 aromatic rings. The number of nitrogens with one attached hydrogen (secondary N) is 1. The highest BCUT2D eigenvalue weighted by molar-refractivity contribution is 4.92. The molecule has 0 aromatic heterocycles. The molecular weight excluding hydrogens is 162 g/mol. The second-order valence-electron chi connectivity index (χ2n) is 5.14. The molecule has 1 aliphatic rings. The van der Waals surface area contributed by atoms with Crippen molar-refractivity contribution in [3.63, 3.8) is 0 Å². The van der Waals surface area contributed by atoms with E-state index in [1.165, 1.54) is 0 Å². The number of likely N-dealkylation sites (N-methyl/N-ethyl adjacent to an activating group) is 1. The second kappa shape index (κ2) is 3.95. The number of nitrogens with two attached hydrogens (primary N) is 1. The minimum Gasteiger partial charge on any atom is -0.326 e. The molecule has 13 heavy (non-hydrogen) atoms. The van der Waals surface area contributed by atoms with Crippen LogP contribution in [0.4, 0.5) is 0 Å². The van der Waals surface area contributed by atoms with Crippen LogP contribution in [0.3, 0.4) is 0 Å². The van der Waals surface area contributed by atoms with Gasteiger partial charge in [-0.1, -0.05) is 20.8 Å². The summed E-state index contributed by atoms with van der Waals surface area (Å²) in [4.78, 5) is 2.37. The van der Waals surface area contributed by atoms with Crippen LogP contribution in [0.2, 0.25) is 0 Å². The third-order valence-electron chi connectivity index (χ3n) is 2.98. The SMILES string of the molecule is CN1CCNCC1C(N)C(C)(C)C. The summed E-state index contributed by atoms with van der Waals surface area (Å²) in [7, 11) is 2.16. The van der Waals surface area contributed by atoms with Crippen LogP contribution in [-0.2, 0) is 0 Å². The largest absolute Gasteiger partial charge is 0.326 e. The van der Waals surface area contributed by atoms with Crippen molar-refractivity contribution in [3.05, 3.63) is 0 Å². The van der Waals surface area contributed by atoms with Crippen LogP contribution < -0.4 is 11.1 Å². The van der Waals surface area contributed by atoms with Gasteiger partial charge >= 0.3 is 0 Å². The molecule has 3 heteroatoms. The van der Waals surface area contributed by atoms with Crippen molar-refractivity contribution >= 4 is 0 Å². The number of rotatable bonds is 1. The molecular formula is C10H23N3. The van der Waals surface area contributed by atoms with E-state index in [2.05, 4.69) is 38.0 Å². The zero-order chi connectivity index (χ0) is 10.1. The van der Waals surface area contributed by atoms with Gasteiger partial charge in [-0.2, -0.15) is 0 Å². The van der Waals surface area contributed by atoms with Gasteiger partial charge < -0.3 is 11.1 Å². The first-order valence-corrected chi connectivity index (χ1v) is 5.09. The molecule has 0 bridgehead atoms. The van der Waals surface area contributed by atoms with E-state index in [0.717, 1.165) is 19.6 Å². The molecule has 3 nitrogen and oxygen atoms in total. The monoisotopic (exact) mass is 185 g/mol. The molecule has 1 heterocycles. The lowest BCUT2D eigenvalue weighted by Crippen LogP contribution is -2.60. The highest BCUT2D eigenvalue weighted by Gasteiger charge is 2.32. The third-order valence-corrected chi connectivity index (χ3v) is 2.98. The van der Waals surface area contributed by atoms with E-state index >= 15 is 0 Å². The topological polar surface area (TPSA) is 41.3 Å². The average molecular weight is 185 g/mol. The lowest BCUT2D eigenvalue weighted by atomic mass is 9.82.